The fourth-order valence-corrected chi connectivity index (χ4v) is 1.99. The van der Waals surface area contributed by atoms with Crippen molar-refractivity contribution in [2.75, 3.05) is 38.7 Å². The van der Waals surface area contributed by atoms with Gasteiger partial charge in [0.05, 0.1) is 0 Å². The van der Waals surface area contributed by atoms with Gasteiger partial charge in [-0.1, -0.05) is 0 Å². The van der Waals surface area contributed by atoms with E-state index in [0.717, 1.165) is 13.1 Å². The summed E-state index contributed by atoms with van der Waals surface area (Å²) in [4.78, 5) is 2.21. The SMILES string of the molecule is CN(C)CC1CSCC[N]1. The van der Waals surface area contributed by atoms with Crippen LogP contribution in [0.25, 0.3) is 0 Å². The van der Waals surface area contributed by atoms with Crippen molar-refractivity contribution in [2.45, 2.75) is 6.04 Å². The van der Waals surface area contributed by atoms with Crippen LogP contribution in [0.1, 0.15) is 0 Å². The van der Waals surface area contributed by atoms with Crippen LogP contribution in [0, 0.1) is 0 Å². The molecule has 0 aromatic heterocycles. The Kier molecular flexibility index (Phi) is 3.52. The topological polar surface area (TPSA) is 17.3 Å². The number of rotatable bonds is 2. The lowest BCUT2D eigenvalue weighted by atomic mass is 10.3. The third-order valence-corrected chi connectivity index (χ3v) is 2.60. The molecule has 0 amide bonds. The van der Waals surface area contributed by atoms with Crippen LogP contribution in [0.5, 0.6) is 0 Å². The van der Waals surface area contributed by atoms with Crippen LogP contribution in [0.2, 0.25) is 0 Å². The van der Waals surface area contributed by atoms with E-state index in [2.05, 4.69) is 24.3 Å². The van der Waals surface area contributed by atoms with Gasteiger partial charge in [-0.2, -0.15) is 11.8 Å². The number of nitrogens with zero attached hydrogens (tertiary/aromatic N) is 2. The molecular formula is C7H15N2S. The molecule has 1 fully saturated rings. The van der Waals surface area contributed by atoms with Crippen molar-refractivity contribution >= 4 is 11.8 Å². The van der Waals surface area contributed by atoms with Gasteiger partial charge >= 0.3 is 0 Å². The maximum Gasteiger partial charge on any atom is 0.0463 e. The predicted molar refractivity (Wildman–Crippen MR) is 46.7 cm³/mol. The van der Waals surface area contributed by atoms with Crippen molar-refractivity contribution in [2.24, 2.45) is 0 Å². The predicted octanol–water partition coefficient (Wildman–Crippen LogP) is 0.268. The van der Waals surface area contributed by atoms with Gasteiger partial charge in [0, 0.05) is 30.6 Å². The van der Waals surface area contributed by atoms with Crippen molar-refractivity contribution < 1.29 is 0 Å². The van der Waals surface area contributed by atoms with E-state index in [9.17, 15) is 0 Å². The maximum absolute atomic E-state index is 4.51. The lowest BCUT2D eigenvalue weighted by molar-refractivity contribution is 0.350. The van der Waals surface area contributed by atoms with Gasteiger partial charge in [-0.3, -0.25) is 0 Å². The van der Waals surface area contributed by atoms with Crippen LogP contribution in [-0.2, 0) is 0 Å². The molecule has 0 aromatic carbocycles. The average Bonchev–Trinajstić information content (AvgIpc) is 1.88. The Balaban J connectivity index is 2.13. The molecule has 0 N–H and O–H groups in total. The Morgan fingerprint density at radius 2 is 2.40 bits per heavy atom. The van der Waals surface area contributed by atoms with Crippen molar-refractivity contribution in [3.05, 3.63) is 0 Å². The minimum atomic E-state index is 0.591. The van der Waals surface area contributed by atoms with Crippen LogP contribution in [0.3, 0.4) is 0 Å². The van der Waals surface area contributed by atoms with Gasteiger partial charge in [0.2, 0.25) is 0 Å². The number of hydrogen-bond donors (Lipinski definition) is 0. The van der Waals surface area contributed by atoms with E-state index in [-0.39, 0.29) is 0 Å². The largest absolute Gasteiger partial charge is 0.308 e. The Labute approximate surface area is 67.4 Å². The summed E-state index contributed by atoms with van der Waals surface area (Å²) in [7, 11) is 4.21. The van der Waals surface area contributed by atoms with E-state index in [1.165, 1.54) is 11.5 Å². The van der Waals surface area contributed by atoms with Crippen LogP contribution < -0.4 is 5.32 Å². The first-order valence-electron chi connectivity index (χ1n) is 3.68. The minimum absolute atomic E-state index is 0.591. The first-order valence-corrected chi connectivity index (χ1v) is 4.83. The summed E-state index contributed by atoms with van der Waals surface area (Å²) in [6.45, 7) is 2.18. The molecule has 0 aromatic rings. The van der Waals surface area contributed by atoms with E-state index >= 15 is 0 Å². The second kappa shape index (κ2) is 4.21. The van der Waals surface area contributed by atoms with E-state index < -0.39 is 0 Å². The number of hydrogen-bond acceptors (Lipinski definition) is 2. The summed E-state index contributed by atoms with van der Waals surface area (Å²) in [5.74, 6) is 2.45. The zero-order valence-corrected chi connectivity index (χ0v) is 7.52. The van der Waals surface area contributed by atoms with E-state index in [4.69, 9.17) is 0 Å². The van der Waals surface area contributed by atoms with Gasteiger partial charge in [-0.25, -0.2) is 5.32 Å². The second-order valence-corrected chi connectivity index (χ2v) is 4.05. The molecule has 0 spiro atoms. The molecule has 0 bridgehead atoms. The van der Waals surface area contributed by atoms with Gasteiger partial charge < -0.3 is 4.90 Å². The molecule has 1 heterocycles. The van der Waals surface area contributed by atoms with Crippen LogP contribution in [0.4, 0.5) is 0 Å². The highest BCUT2D eigenvalue weighted by molar-refractivity contribution is 7.99. The second-order valence-electron chi connectivity index (χ2n) is 2.90. The Hall–Kier alpha value is 0.270. The third-order valence-electron chi connectivity index (χ3n) is 1.51. The van der Waals surface area contributed by atoms with Gasteiger partial charge in [-0.05, 0) is 14.1 Å². The quantitative estimate of drug-likeness (QED) is 0.575. The van der Waals surface area contributed by atoms with Gasteiger partial charge in [0.15, 0.2) is 0 Å². The Morgan fingerprint density at radius 1 is 1.60 bits per heavy atom. The lowest BCUT2D eigenvalue weighted by Crippen LogP contribution is -2.39. The zero-order valence-electron chi connectivity index (χ0n) is 6.71. The van der Waals surface area contributed by atoms with Crippen molar-refractivity contribution in [1.29, 1.82) is 0 Å². The number of thioether (sulfide) groups is 1. The molecule has 0 saturated carbocycles. The molecule has 1 radical (unpaired) electrons. The zero-order chi connectivity index (χ0) is 7.40. The monoisotopic (exact) mass is 159 g/mol. The van der Waals surface area contributed by atoms with Crippen LogP contribution >= 0.6 is 11.8 Å². The molecule has 2 nitrogen and oxygen atoms in total. The molecule has 3 heteroatoms. The minimum Gasteiger partial charge on any atom is -0.308 e. The lowest BCUT2D eigenvalue weighted by Gasteiger charge is -2.23. The summed E-state index contributed by atoms with van der Waals surface area (Å²) < 4.78 is 0. The van der Waals surface area contributed by atoms with Crippen LogP contribution in [0.15, 0.2) is 0 Å². The highest BCUT2D eigenvalue weighted by Crippen LogP contribution is 2.08. The van der Waals surface area contributed by atoms with Gasteiger partial charge in [0.1, 0.15) is 0 Å². The Morgan fingerprint density at radius 3 is 2.90 bits per heavy atom. The molecule has 1 aliphatic rings. The highest BCUT2D eigenvalue weighted by Gasteiger charge is 2.13. The van der Waals surface area contributed by atoms with E-state index in [1.54, 1.807) is 0 Å². The Bertz CT molecular complexity index is 89.6. The molecule has 1 aliphatic heterocycles. The van der Waals surface area contributed by atoms with Crippen molar-refractivity contribution in [3.63, 3.8) is 0 Å². The molecule has 10 heavy (non-hydrogen) atoms. The molecular weight excluding hydrogens is 144 g/mol. The molecule has 1 atom stereocenters. The number of likely N-dealkylation sites (N-methyl/N-ethyl adjacent to an activating group) is 1. The molecule has 59 valence electrons. The first-order chi connectivity index (χ1) is 4.79. The fourth-order valence-electron chi connectivity index (χ4n) is 1.10. The average molecular weight is 159 g/mol. The summed E-state index contributed by atoms with van der Waals surface area (Å²) in [5.41, 5.74) is 0. The molecule has 1 rings (SSSR count). The van der Waals surface area contributed by atoms with Gasteiger partial charge in [0.25, 0.3) is 0 Å². The summed E-state index contributed by atoms with van der Waals surface area (Å²) in [6.07, 6.45) is 0. The van der Waals surface area contributed by atoms with Crippen LogP contribution in [-0.4, -0.2) is 49.6 Å². The molecule has 0 aliphatic carbocycles. The summed E-state index contributed by atoms with van der Waals surface area (Å²) >= 11 is 2.02. The van der Waals surface area contributed by atoms with Crippen molar-refractivity contribution in [3.8, 4) is 0 Å². The van der Waals surface area contributed by atoms with Gasteiger partial charge in [-0.15, -0.1) is 0 Å². The van der Waals surface area contributed by atoms with E-state index in [1.807, 2.05) is 11.8 Å². The molecule has 1 unspecified atom stereocenters. The van der Waals surface area contributed by atoms with E-state index in [0.29, 0.717) is 6.04 Å². The third kappa shape index (κ3) is 2.90. The standard InChI is InChI=1S/C7H15N2S/c1-9(2)5-7-6-10-4-3-8-7/h7H,3-6H2,1-2H3. The smallest absolute Gasteiger partial charge is 0.0463 e. The maximum atomic E-state index is 4.51. The first kappa shape index (κ1) is 8.37. The summed E-state index contributed by atoms with van der Waals surface area (Å²) in [6, 6.07) is 0.591. The van der Waals surface area contributed by atoms with Crippen molar-refractivity contribution in [1.82, 2.24) is 10.2 Å². The summed E-state index contributed by atoms with van der Waals surface area (Å²) in [5, 5.41) is 4.51. The highest BCUT2D eigenvalue weighted by atomic mass is 32.2. The fraction of sp³-hybridized carbons (Fsp3) is 1.00. The normalized spacial score (nSPS) is 27.3. The molecule has 1 saturated heterocycles.